The number of amides is 1. The summed E-state index contributed by atoms with van der Waals surface area (Å²) in [5.74, 6) is -0.131. The van der Waals surface area contributed by atoms with Gasteiger partial charge >= 0.3 is 0 Å². The van der Waals surface area contributed by atoms with Gasteiger partial charge in [0.05, 0.1) is 36.9 Å². The van der Waals surface area contributed by atoms with Crippen LogP contribution in [0.2, 0.25) is 0 Å². The van der Waals surface area contributed by atoms with Crippen molar-refractivity contribution < 1.29 is 9.53 Å². The van der Waals surface area contributed by atoms with Crippen molar-refractivity contribution >= 4 is 11.6 Å². The first-order valence-corrected chi connectivity index (χ1v) is 7.08. The second-order valence-electron chi connectivity index (χ2n) is 4.92. The molecule has 0 radical (unpaired) electrons. The normalized spacial score (nSPS) is 18.0. The van der Waals surface area contributed by atoms with Crippen molar-refractivity contribution in [2.75, 3.05) is 32.1 Å². The van der Waals surface area contributed by atoms with Gasteiger partial charge in [-0.15, -0.1) is 0 Å². The van der Waals surface area contributed by atoms with E-state index in [1.165, 1.54) is 12.4 Å². The Morgan fingerprint density at radius 2 is 2.23 bits per heavy atom. The van der Waals surface area contributed by atoms with E-state index in [0.29, 0.717) is 25.4 Å². The minimum atomic E-state index is -0.222. The number of anilines is 1. The standard InChI is InChI=1S/C15H17N5O2/c1-16-11-2-3-12(19-8-11)14-10-20(6-7-22-14)15(21)13-9-17-4-5-18-13/h2-5,8-9,14,16H,6-7,10H2,1H3/t14-/m0/s1. The number of hydrogen-bond donors (Lipinski definition) is 1. The van der Waals surface area contributed by atoms with E-state index < -0.39 is 0 Å². The van der Waals surface area contributed by atoms with Crippen molar-refractivity contribution in [3.05, 3.63) is 48.3 Å². The van der Waals surface area contributed by atoms with Crippen molar-refractivity contribution in [3.63, 3.8) is 0 Å². The zero-order valence-electron chi connectivity index (χ0n) is 12.3. The highest BCUT2D eigenvalue weighted by atomic mass is 16.5. The predicted octanol–water partition coefficient (Wildman–Crippen LogP) is 1.13. The molecule has 0 aliphatic carbocycles. The van der Waals surface area contributed by atoms with Crippen molar-refractivity contribution in [1.29, 1.82) is 0 Å². The molecule has 2 aromatic rings. The van der Waals surface area contributed by atoms with E-state index in [-0.39, 0.29) is 12.0 Å². The number of nitrogens with zero attached hydrogens (tertiary/aromatic N) is 4. The molecule has 1 aliphatic rings. The molecule has 1 N–H and O–H groups in total. The Bertz CT molecular complexity index is 632. The van der Waals surface area contributed by atoms with Crippen LogP contribution < -0.4 is 5.32 Å². The van der Waals surface area contributed by atoms with Gasteiger partial charge in [-0.3, -0.25) is 14.8 Å². The molecule has 7 nitrogen and oxygen atoms in total. The highest BCUT2D eigenvalue weighted by Gasteiger charge is 2.27. The Labute approximate surface area is 128 Å². The second-order valence-corrected chi connectivity index (χ2v) is 4.92. The molecule has 0 spiro atoms. The van der Waals surface area contributed by atoms with Gasteiger partial charge in [0.15, 0.2) is 0 Å². The molecule has 1 atom stereocenters. The lowest BCUT2D eigenvalue weighted by molar-refractivity contribution is -0.0249. The van der Waals surface area contributed by atoms with E-state index >= 15 is 0 Å². The number of hydrogen-bond acceptors (Lipinski definition) is 6. The molecule has 2 aromatic heterocycles. The maximum Gasteiger partial charge on any atom is 0.274 e. The Balaban J connectivity index is 1.72. The average molecular weight is 299 g/mol. The van der Waals surface area contributed by atoms with Crippen LogP contribution in [-0.4, -0.2) is 52.5 Å². The molecule has 1 saturated heterocycles. The molecule has 1 aliphatic heterocycles. The number of carbonyl (C=O) groups excluding carboxylic acids is 1. The number of nitrogens with one attached hydrogen (secondary N) is 1. The maximum absolute atomic E-state index is 12.4. The van der Waals surface area contributed by atoms with E-state index in [1.807, 2.05) is 19.2 Å². The molecule has 0 unspecified atom stereocenters. The molecular formula is C15H17N5O2. The number of carbonyl (C=O) groups is 1. The van der Waals surface area contributed by atoms with E-state index in [4.69, 9.17) is 4.74 Å². The zero-order valence-corrected chi connectivity index (χ0v) is 12.3. The molecule has 7 heteroatoms. The van der Waals surface area contributed by atoms with Crippen molar-refractivity contribution in [3.8, 4) is 0 Å². The summed E-state index contributed by atoms with van der Waals surface area (Å²) in [4.78, 5) is 26.5. The Morgan fingerprint density at radius 3 is 2.91 bits per heavy atom. The maximum atomic E-state index is 12.4. The molecule has 3 rings (SSSR count). The number of ether oxygens (including phenoxy) is 1. The third kappa shape index (κ3) is 3.04. The van der Waals surface area contributed by atoms with Gasteiger partial charge in [-0.2, -0.15) is 0 Å². The first kappa shape index (κ1) is 14.4. The summed E-state index contributed by atoms with van der Waals surface area (Å²) >= 11 is 0. The number of rotatable bonds is 3. The van der Waals surface area contributed by atoms with E-state index in [9.17, 15) is 4.79 Å². The molecule has 114 valence electrons. The monoisotopic (exact) mass is 299 g/mol. The van der Waals surface area contributed by atoms with Crippen LogP contribution in [0.15, 0.2) is 36.9 Å². The SMILES string of the molecule is CNc1ccc([C@@H]2CN(C(=O)c3cnccn3)CCO2)nc1. The van der Waals surface area contributed by atoms with E-state index in [0.717, 1.165) is 11.4 Å². The number of aromatic nitrogens is 3. The first-order chi connectivity index (χ1) is 10.8. The fraction of sp³-hybridized carbons (Fsp3) is 0.333. The average Bonchev–Trinajstić information content (AvgIpc) is 2.62. The van der Waals surface area contributed by atoms with Gasteiger partial charge in [-0.1, -0.05) is 0 Å². The lowest BCUT2D eigenvalue weighted by Gasteiger charge is -2.32. The van der Waals surface area contributed by atoms with Gasteiger partial charge in [0.25, 0.3) is 5.91 Å². The van der Waals surface area contributed by atoms with Crippen LogP contribution in [0, 0.1) is 0 Å². The lowest BCUT2D eigenvalue weighted by Crippen LogP contribution is -2.42. The van der Waals surface area contributed by atoms with Crippen LogP contribution >= 0.6 is 0 Å². The summed E-state index contributed by atoms with van der Waals surface area (Å²) < 4.78 is 5.74. The smallest absolute Gasteiger partial charge is 0.274 e. The molecule has 3 heterocycles. The van der Waals surface area contributed by atoms with Crippen LogP contribution in [0.3, 0.4) is 0 Å². The highest BCUT2D eigenvalue weighted by molar-refractivity contribution is 5.92. The predicted molar refractivity (Wildman–Crippen MR) is 80.4 cm³/mol. The molecule has 22 heavy (non-hydrogen) atoms. The van der Waals surface area contributed by atoms with Crippen LogP contribution in [-0.2, 0) is 4.74 Å². The van der Waals surface area contributed by atoms with Crippen LogP contribution in [0.1, 0.15) is 22.3 Å². The Hall–Kier alpha value is -2.54. The minimum absolute atomic E-state index is 0.131. The third-order valence-corrected chi connectivity index (χ3v) is 3.54. The van der Waals surface area contributed by atoms with Crippen LogP contribution in [0.5, 0.6) is 0 Å². The van der Waals surface area contributed by atoms with Crippen molar-refractivity contribution in [2.24, 2.45) is 0 Å². The summed E-state index contributed by atoms with van der Waals surface area (Å²) in [6, 6.07) is 3.85. The van der Waals surface area contributed by atoms with Crippen LogP contribution in [0.25, 0.3) is 0 Å². The largest absolute Gasteiger partial charge is 0.387 e. The second kappa shape index (κ2) is 6.48. The molecule has 1 fully saturated rings. The van der Waals surface area contributed by atoms with E-state index in [2.05, 4.69) is 20.3 Å². The van der Waals surface area contributed by atoms with Gasteiger partial charge in [-0.05, 0) is 12.1 Å². The molecule has 0 saturated carbocycles. The number of pyridine rings is 1. The van der Waals surface area contributed by atoms with Gasteiger partial charge in [0.1, 0.15) is 11.8 Å². The third-order valence-electron chi connectivity index (χ3n) is 3.54. The van der Waals surface area contributed by atoms with Crippen LogP contribution in [0.4, 0.5) is 5.69 Å². The van der Waals surface area contributed by atoms with Gasteiger partial charge < -0.3 is 15.0 Å². The van der Waals surface area contributed by atoms with Crippen molar-refractivity contribution in [1.82, 2.24) is 19.9 Å². The first-order valence-electron chi connectivity index (χ1n) is 7.08. The lowest BCUT2D eigenvalue weighted by atomic mass is 10.1. The van der Waals surface area contributed by atoms with Gasteiger partial charge in [0, 0.05) is 26.0 Å². The minimum Gasteiger partial charge on any atom is -0.387 e. The molecular weight excluding hydrogens is 282 g/mol. The van der Waals surface area contributed by atoms with E-state index in [1.54, 1.807) is 17.3 Å². The Morgan fingerprint density at radius 1 is 1.32 bits per heavy atom. The summed E-state index contributed by atoms with van der Waals surface area (Å²) in [5.41, 5.74) is 2.10. The Kier molecular flexibility index (Phi) is 4.24. The highest BCUT2D eigenvalue weighted by Crippen LogP contribution is 2.22. The summed E-state index contributed by atoms with van der Waals surface area (Å²) in [6.07, 6.45) is 6.07. The topological polar surface area (TPSA) is 80.2 Å². The molecule has 1 amide bonds. The number of morpholine rings is 1. The van der Waals surface area contributed by atoms with Gasteiger partial charge in [-0.25, -0.2) is 4.98 Å². The fourth-order valence-corrected chi connectivity index (χ4v) is 2.33. The zero-order chi connectivity index (χ0) is 15.4. The molecule has 0 bridgehead atoms. The van der Waals surface area contributed by atoms with Crippen molar-refractivity contribution in [2.45, 2.75) is 6.10 Å². The summed E-state index contributed by atoms with van der Waals surface area (Å²) in [7, 11) is 1.84. The summed E-state index contributed by atoms with van der Waals surface area (Å²) in [6.45, 7) is 1.48. The summed E-state index contributed by atoms with van der Waals surface area (Å²) in [5, 5.41) is 3.02. The quantitative estimate of drug-likeness (QED) is 0.915. The molecule has 0 aromatic carbocycles. The van der Waals surface area contributed by atoms with Gasteiger partial charge in [0.2, 0.25) is 0 Å². The fourth-order valence-electron chi connectivity index (χ4n) is 2.33.